The normalized spacial score (nSPS) is 17.6. The van der Waals surface area contributed by atoms with Crippen LogP contribution in [0.3, 0.4) is 0 Å². The number of aromatic nitrogens is 2. The lowest BCUT2D eigenvalue weighted by Gasteiger charge is -2.26. The number of methoxy groups -OCH3 is 2. The van der Waals surface area contributed by atoms with Gasteiger partial charge in [0.25, 0.3) is 5.91 Å². The summed E-state index contributed by atoms with van der Waals surface area (Å²) in [6, 6.07) is 6.43. The summed E-state index contributed by atoms with van der Waals surface area (Å²) in [5.41, 5.74) is 2.66. The van der Waals surface area contributed by atoms with Gasteiger partial charge in [0.1, 0.15) is 23.9 Å². The predicted octanol–water partition coefficient (Wildman–Crippen LogP) is 4.39. The fraction of sp³-hybridized carbons (Fsp3) is 0.444. The second-order valence-electron chi connectivity index (χ2n) is 9.28. The van der Waals surface area contributed by atoms with Crippen LogP contribution in [0, 0.1) is 31.5 Å². The van der Waals surface area contributed by atoms with Crippen LogP contribution in [-0.4, -0.2) is 42.0 Å². The van der Waals surface area contributed by atoms with Crippen molar-refractivity contribution in [3.8, 4) is 11.5 Å². The third-order valence-electron chi connectivity index (χ3n) is 6.81. The van der Waals surface area contributed by atoms with E-state index in [9.17, 15) is 14.0 Å². The smallest absolute Gasteiger partial charge is 0.308 e. The molecule has 0 spiro atoms. The number of esters is 1. The van der Waals surface area contributed by atoms with Gasteiger partial charge in [-0.1, -0.05) is 6.07 Å². The predicted molar refractivity (Wildman–Crippen MR) is 132 cm³/mol. The van der Waals surface area contributed by atoms with Crippen LogP contribution in [0.15, 0.2) is 30.5 Å². The molecule has 9 heteroatoms. The molecule has 1 saturated carbocycles. The first kappa shape index (κ1) is 25.5. The van der Waals surface area contributed by atoms with E-state index in [4.69, 9.17) is 14.2 Å². The lowest BCUT2D eigenvalue weighted by Crippen LogP contribution is -2.33. The second kappa shape index (κ2) is 11.0. The molecule has 4 rings (SSSR count). The van der Waals surface area contributed by atoms with Crippen LogP contribution >= 0.6 is 0 Å². The fourth-order valence-electron chi connectivity index (χ4n) is 4.85. The van der Waals surface area contributed by atoms with Crippen molar-refractivity contribution in [1.29, 1.82) is 0 Å². The van der Waals surface area contributed by atoms with Crippen molar-refractivity contribution < 1.29 is 28.2 Å². The molecule has 1 aliphatic carbocycles. The first-order valence-corrected chi connectivity index (χ1v) is 12.1. The van der Waals surface area contributed by atoms with Crippen molar-refractivity contribution in [2.75, 3.05) is 20.8 Å². The van der Waals surface area contributed by atoms with Crippen molar-refractivity contribution in [3.63, 3.8) is 0 Å². The van der Waals surface area contributed by atoms with Gasteiger partial charge in [0, 0.05) is 12.7 Å². The summed E-state index contributed by atoms with van der Waals surface area (Å²) in [7, 11) is 2.90. The molecule has 1 N–H and O–H groups in total. The number of carbonyl (C=O) groups excluding carboxylic acids is 2. The Labute approximate surface area is 209 Å². The Balaban J connectivity index is 1.49. The van der Waals surface area contributed by atoms with Gasteiger partial charge in [-0.3, -0.25) is 14.0 Å². The first-order valence-electron chi connectivity index (χ1n) is 12.1. The Morgan fingerprint density at radius 3 is 2.58 bits per heavy atom. The summed E-state index contributed by atoms with van der Waals surface area (Å²) in [5, 5.41) is 3.04. The number of benzene rings is 1. The third-order valence-corrected chi connectivity index (χ3v) is 6.81. The maximum Gasteiger partial charge on any atom is 0.308 e. The molecular formula is C27H32FN3O5. The SMILES string of the molecule is COc1cccc(F)c1COc1cc(C)cn2c(C(=O)NC[C@H]3CC[C@H](C(=O)OC)CC3)c(C)nc12. The molecule has 1 aliphatic rings. The molecular weight excluding hydrogens is 465 g/mol. The number of amides is 1. The average molecular weight is 498 g/mol. The van der Waals surface area contributed by atoms with E-state index in [2.05, 4.69) is 10.3 Å². The van der Waals surface area contributed by atoms with E-state index in [1.54, 1.807) is 23.5 Å². The number of fused-ring (bicyclic) bond motifs is 1. The number of ether oxygens (including phenoxy) is 3. The lowest BCUT2D eigenvalue weighted by molar-refractivity contribution is -0.146. The molecule has 8 nitrogen and oxygen atoms in total. The Morgan fingerprint density at radius 2 is 1.89 bits per heavy atom. The summed E-state index contributed by atoms with van der Waals surface area (Å²) in [6.45, 7) is 4.16. The lowest BCUT2D eigenvalue weighted by atomic mass is 9.82. The minimum atomic E-state index is -0.418. The number of aryl methyl sites for hydroxylation is 2. The number of nitrogens with one attached hydrogen (secondary N) is 1. The van der Waals surface area contributed by atoms with Gasteiger partial charge in [-0.2, -0.15) is 0 Å². The van der Waals surface area contributed by atoms with Crippen LogP contribution in [0.25, 0.3) is 5.65 Å². The molecule has 0 aliphatic heterocycles. The number of hydrogen-bond acceptors (Lipinski definition) is 6. The van der Waals surface area contributed by atoms with Crippen LogP contribution < -0.4 is 14.8 Å². The van der Waals surface area contributed by atoms with Crippen LogP contribution in [0.2, 0.25) is 0 Å². The topological polar surface area (TPSA) is 91.2 Å². The van der Waals surface area contributed by atoms with Crippen LogP contribution in [0.4, 0.5) is 4.39 Å². The number of hydrogen-bond donors (Lipinski definition) is 1. The van der Waals surface area contributed by atoms with Gasteiger partial charge < -0.3 is 19.5 Å². The Kier molecular flexibility index (Phi) is 7.76. The first-order chi connectivity index (χ1) is 17.3. The van der Waals surface area contributed by atoms with Gasteiger partial charge in [0.15, 0.2) is 11.4 Å². The summed E-state index contributed by atoms with van der Waals surface area (Å²) in [6.07, 6.45) is 5.11. The van der Waals surface area contributed by atoms with Crippen molar-refractivity contribution in [3.05, 3.63) is 58.8 Å². The summed E-state index contributed by atoms with van der Waals surface area (Å²) in [4.78, 5) is 29.5. The molecule has 1 fully saturated rings. The summed E-state index contributed by atoms with van der Waals surface area (Å²) < 4.78 is 32.2. The van der Waals surface area contributed by atoms with E-state index in [0.717, 1.165) is 31.2 Å². The molecule has 3 aromatic rings. The standard InChI is InChI=1S/C27H32FN3O5/c1-16-12-23(36-15-20-21(28)6-5-7-22(20)34-3)25-30-17(2)24(31(25)14-16)26(32)29-13-18-8-10-19(11-9-18)27(33)35-4/h5-7,12,14,18-19H,8-11,13,15H2,1-4H3,(H,29,32)/t18-,19-. The number of halogens is 1. The second-order valence-corrected chi connectivity index (χ2v) is 9.28. The Hall–Kier alpha value is -3.62. The van der Waals surface area contributed by atoms with Crippen LogP contribution in [0.5, 0.6) is 11.5 Å². The quantitative estimate of drug-likeness (QED) is 0.465. The molecule has 0 unspecified atom stereocenters. The minimum Gasteiger partial charge on any atom is -0.496 e. The van der Waals surface area contributed by atoms with Gasteiger partial charge in [-0.15, -0.1) is 0 Å². The minimum absolute atomic E-state index is 0.0450. The van der Waals surface area contributed by atoms with Gasteiger partial charge >= 0.3 is 5.97 Å². The fourth-order valence-corrected chi connectivity index (χ4v) is 4.85. The van der Waals surface area contributed by atoms with E-state index in [0.29, 0.717) is 46.6 Å². The van der Waals surface area contributed by atoms with Crippen molar-refractivity contribution in [1.82, 2.24) is 14.7 Å². The highest BCUT2D eigenvalue weighted by Gasteiger charge is 2.28. The van der Waals surface area contributed by atoms with Crippen molar-refractivity contribution in [2.45, 2.75) is 46.1 Å². The largest absolute Gasteiger partial charge is 0.496 e. The van der Waals surface area contributed by atoms with Crippen LogP contribution in [-0.2, 0) is 16.1 Å². The van der Waals surface area contributed by atoms with E-state index < -0.39 is 5.82 Å². The van der Waals surface area contributed by atoms with Crippen molar-refractivity contribution in [2.24, 2.45) is 11.8 Å². The molecule has 0 atom stereocenters. The van der Waals surface area contributed by atoms with Gasteiger partial charge in [-0.05, 0) is 69.2 Å². The zero-order valence-electron chi connectivity index (χ0n) is 21.1. The molecule has 36 heavy (non-hydrogen) atoms. The average Bonchev–Trinajstić information content (AvgIpc) is 3.21. The molecule has 0 radical (unpaired) electrons. The summed E-state index contributed by atoms with van der Waals surface area (Å²) in [5.74, 6) is 0.322. The highest BCUT2D eigenvalue weighted by Crippen LogP contribution is 2.30. The zero-order chi connectivity index (χ0) is 25.8. The van der Waals surface area contributed by atoms with Gasteiger partial charge in [-0.25, -0.2) is 9.37 Å². The van der Waals surface area contributed by atoms with E-state index >= 15 is 0 Å². The Morgan fingerprint density at radius 1 is 1.14 bits per heavy atom. The Bertz CT molecular complexity index is 1260. The van der Waals surface area contributed by atoms with Gasteiger partial charge in [0.05, 0.1) is 31.4 Å². The van der Waals surface area contributed by atoms with E-state index in [1.807, 2.05) is 19.2 Å². The maximum absolute atomic E-state index is 14.4. The van der Waals surface area contributed by atoms with Crippen LogP contribution in [0.1, 0.15) is 53.0 Å². The number of rotatable bonds is 8. The molecule has 2 heterocycles. The van der Waals surface area contributed by atoms with E-state index in [-0.39, 0.29) is 24.4 Å². The molecule has 1 aromatic carbocycles. The maximum atomic E-state index is 14.4. The molecule has 0 saturated heterocycles. The zero-order valence-corrected chi connectivity index (χ0v) is 21.1. The number of nitrogens with zero attached hydrogens (tertiary/aromatic N) is 2. The third kappa shape index (κ3) is 5.29. The molecule has 1 amide bonds. The van der Waals surface area contributed by atoms with Gasteiger partial charge in [0.2, 0.25) is 0 Å². The highest BCUT2D eigenvalue weighted by atomic mass is 19.1. The molecule has 0 bridgehead atoms. The molecule has 2 aromatic heterocycles. The van der Waals surface area contributed by atoms with Crippen molar-refractivity contribution >= 4 is 17.5 Å². The summed E-state index contributed by atoms with van der Waals surface area (Å²) >= 11 is 0. The molecule has 192 valence electrons. The number of imidazole rings is 1. The monoisotopic (exact) mass is 497 g/mol. The van der Waals surface area contributed by atoms with E-state index in [1.165, 1.54) is 20.3 Å². The highest BCUT2D eigenvalue weighted by molar-refractivity contribution is 5.95. The number of pyridine rings is 1. The number of carbonyl (C=O) groups is 2.